The smallest absolute Gasteiger partial charge is 0.224 e. The Hall–Kier alpha value is -2.01. The lowest BCUT2D eigenvalue weighted by Crippen LogP contribution is -2.21. The lowest BCUT2D eigenvalue weighted by Gasteiger charge is -2.27. The molecule has 104 valence electrons. The number of nitrogens with zero attached hydrogens (tertiary/aromatic N) is 2. The molecular formula is C14H15ClN4O. The van der Waals surface area contributed by atoms with Gasteiger partial charge in [-0.15, -0.1) is 0 Å². The first-order valence-corrected chi connectivity index (χ1v) is 6.81. The number of ether oxygens (including phenoxy) is 1. The van der Waals surface area contributed by atoms with Gasteiger partial charge in [0, 0.05) is 12.0 Å². The van der Waals surface area contributed by atoms with E-state index in [1.54, 1.807) is 0 Å². The van der Waals surface area contributed by atoms with Crippen LogP contribution in [0.15, 0.2) is 24.3 Å². The molecule has 0 aliphatic carbocycles. The van der Waals surface area contributed by atoms with Gasteiger partial charge in [-0.1, -0.05) is 18.2 Å². The van der Waals surface area contributed by atoms with Crippen LogP contribution >= 0.6 is 11.6 Å². The number of aryl methyl sites for hydroxylation is 1. The summed E-state index contributed by atoms with van der Waals surface area (Å²) in [7, 11) is 0. The first kappa shape index (κ1) is 13.0. The molecule has 20 heavy (non-hydrogen) atoms. The van der Waals surface area contributed by atoms with E-state index < -0.39 is 0 Å². The Balaban J connectivity index is 1.93. The van der Waals surface area contributed by atoms with Crippen molar-refractivity contribution in [3.05, 3.63) is 40.8 Å². The fourth-order valence-electron chi connectivity index (χ4n) is 2.31. The Morgan fingerprint density at radius 1 is 1.35 bits per heavy atom. The van der Waals surface area contributed by atoms with Crippen molar-refractivity contribution in [1.29, 1.82) is 0 Å². The highest BCUT2D eigenvalue weighted by Crippen LogP contribution is 2.35. The van der Waals surface area contributed by atoms with E-state index in [-0.39, 0.29) is 11.3 Å². The number of hydrogen-bond acceptors (Lipinski definition) is 5. The van der Waals surface area contributed by atoms with Crippen LogP contribution in [0.4, 0.5) is 11.5 Å². The molecule has 1 unspecified atom stereocenters. The number of hydrogen-bond donors (Lipinski definition) is 2. The van der Waals surface area contributed by atoms with E-state index >= 15 is 0 Å². The van der Waals surface area contributed by atoms with Gasteiger partial charge < -0.3 is 15.8 Å². The van der Waals surface area contributed by atoms with Crippen molar-refractivity contribution in [2.75, 3.05) is 17.7 Å². The van der Waals surface area contributed by atoms with Gasteiger partial charge in [-0.2, -0.15) is 4.98 Å². The number of anilines is 2. The average molecular weight is 291 g/mol. The number of benzene rings is 1. The van der Waals surface area contributed by atoms with E-state index in [0.29, 0.717) is 23.8 Å². The molecule has 0 spiro atoms. The molecule has 0 saturated heterocycles. The van der Waals surface area contributed by atoms with Crippen molar-refractivity contribution < 1.29 is 4.74 Å². The number of para-hydroxylation sites is 1. The van der Waals surface area contributed by atoms with E-state index in [0.717, 1.165) is 17.7 Å². The first-order valence-electron chi connectivity index (χ1n) is 6.43. The van der Waals surface area contributed by atoms with Gasteiger partial charge in [0.2, 0.25) is 5.28 Å². The molecule has 2 heterocycles. The van der Waals surface area contributed by atoms with Gasteiger partial charge in [0.25, 0.3) is 0 Å². The topological polar surface area (TPSA) is 73.1 Å². The summed E-state index contributed by atoms with van der Waals surface area (Å²) < 4.78 is 5.64. The molecule has 0 saturated carbocycles. The molecule has 1 atom stereocenters. The quantitative estimate of drug-likeness (QED) is 0.832. The van der Waals surface area contributed by atoms with Gasteiger partial charge in [0.1, 0.15) is 5.75 Å². The minimum Gasteiger partial charge on any atom is -0.493 e. The molecule has 0 amide bonds. The van der Waals surface area contributed by atoms with Crippen molar-refractivity contribution in [3.8, 4) is 5.75 Å². The Morgan fingerprint density at radius 3 is 3.00 bits per heavy atom. The second kappa shape index (κ2) is 5.17. The zero-order chi connectivity index (χ0) is 14.1. The van der Waals surface area contributed by atoms with E-state index in [9.17, 15) is 0 Å². The summed E-state index contributed by atoms with van der Waals surface area (Å²) in [5, 5.41) is 3.54. The predicted octanol–water partition coefficient (Wildman–Crippen LogP) is 2.96. The van der Waals surface area contributed by atoms with Crippen LogP contribution in [0.1, 0.15) is 23.7 Å². The van der Waals surface area contributed by atoms with Gasteiger partial charge in [-0.05, 0) is 24.6 Å². The number of nitrogens with two attached hydrogens (primary N) is 1. The van der Waals surface area contributed by atoms with Gasteiger partial charge in [-0.3, -0.25) is 0 Å². The molecule has 3 N–H and O–H groups in total. The van der Waals surface area contributed by atoms with Crippen LogP contribution in [0.25, 0.3) is 0 Å². The summed E-state index contributed by atoms with van der Waals surface area (Å²) in [6.07, 6.45) is 0.844. The van der Waals surface area contributed by atoms with Gasteiger partial charge in [0.05, 0.1) is 24.0 Å². The highest BCUT2D eigenvalue weighted by Gasteiger charge is 2.22. The molecular weight excluding hydrogens is 276 g/mol. The number of nitrogen functional groups attached to an aromatic ring is 1. The third kappa shape index (κ3) is 2.36. The fraction of sp³-hybridized carbons (Fsp3) is 0.286. The third-order valence-electron chi connectivity index (χ3n) is 3.38. The number of fused-ring (bicyclic) bond motifs is 1. The minimum absolute atomic E-state index is 0.104. The number of halogens is 1. The summed E-state index contributed by atoms with van der Waals surface area (Å²) in [5.74, 6) is 1.47. The van der Waals surface area contributed by atoms with E-state index in [4.69, 9.17) is 22.1 Å². The fourth-order valence-corrected chi connectivity index (χ4v) is 2.53. The summed E-state index contributed by atoms with van der Waals surface area (Å²) >= 11 is 5.90. The van der Waals surface area contributed by atoms with Crippen LogP contribution in [0, 0.1) is 6.92 Å². The van der Waals surface area contributed by atoms with E-state index in [2.05, 4.69) is 15.3 Å². The normalized spacial score (nSPS) is 17.2. The molecule has 6 heteroatoms. The number of aromatic nitrogens is 2. The van der Waals surface area contributed by atoms with Gasteiger partial charge in [0.15, 0.2) is 5.82 Å². The molecule has 1 aromatic heterocycles. The van der Waals surface area contributed by atoms with Crippen LogP contribution in [0.2, 0.25) is 5.28 Å². The standard InChI is InChI=1S/C14H15ClN4O/c1-8-12(16)13(19-14(15)17-8)18-10-6-7-20-11-5-3-2-4-9(10)11/h2-5,10H,6-7,16H2,1H3,(H,17,18,19). The zero-order valence-corrected chi connectivity index (χ0v) is 11.8. The number of rotatable bonds is 2. The summed E-state index contributed by atoms with van der Waals surface area (Å²) in [5.41, 5.74) is 8.31. The van der Waals surface area contributed by atoms with E-state index in [1.165, 1.54) is 0 Å². The summed E-state index contributed by atoms with van der Waals surface area (Å²) in [4.78, 5) is 8.21. The highest BCUT2D eigenvalue weighted by molar-refractivity contribution is 6.28. The molecule has 5 nitrogen and oxygen atoms in total. The maximum atomic E-state index is 6.01. The third-order valence-corrected chi connectivity index (χ3v) is 3.55. The second-order valence-electron chi connectivity index (χ2n) is 4.71. The SMILES string of the molecule is Cc1nc(Cl)nc(NC2CCOc3ccccc32)c1N. The van der Waals surface area contributed by atoms with Crippen molar-refractivity contribution in [1.82, 2.24) is 9.97 Å². The second-order valence-corrected chi connectivity index (χ2v) is 5.05. The molecule has 0 bridgehead atoms. The van der Waals surface area contributed by atoms with Crippen molar-refractivity contribution >= 4 is 23.1 Å². The van der Waals surface area contributed by atoms with Crippen LogP contribution < -0.4 is 15.8 Å². The molecule has 1 aliphatic heterocycles. The van der Waals surface area contributed by atoms with Gasteiger partial charge in [-0.25, -0.2) is 4.98 Å². The first-order chi connectivity index (χ1) is 9.65. The number of nitrogens with one attached hydrogen (secondary N) is 1. The Kier molecular flexibility index (Phi) is 3.36. The maximum Gasteiger partial charge on any atom is 0.224 e. The minimum atomic E-state index is 0.104. The Bertz CT molecular complexity index is 647. The van der Waals surface area contributed by atoms with Gasteiger partial charge >= 0.3 is 0 Å². The molecule has 2 aromatic rings. The van der Waals surface area contributed by atoms with Crippen LogP contribution in [0.5, 0.6) is 5.75 Å². The Labute approximate surface area is 122 Å². The Morgan fingerprint density at radius 2 is 2.15 bits per heavy atom. The monoisotopic (exact) mass is 290 g/mol. The lowest BCUT2D eigenvalue weighted by molar-refractivity contribution is 0.274. The highest BCUT2D eigenvalue weighted by atomic mass is 35.5. The summed E-state index contributed by atoms with van der Waals surface area (Å²) in [6.45, 7) is 2.47. The molecule has 1 aromatic carbocycles. The maximum absolute atomic E-state index is 6.01. The lowest BCUT2D eigenvalue weighted by atomic mass is 10.0. The van der Waals surface area contributed by atoms with Crippen molar-refractivity contribution in [2.24, 2.45) is 0 Å². The van der Waals surface area contributed by atoms with Crippen LogP contribution in [-0.4, -0.2) is 16.6 Å². The molecule has 0 radical (unpaired) electrons. The van der Waals surface area contributed by atoms with Crippen LogP contribution in [0.3, 0.4) is 0 Å². The molecule has 0 fully saturated rings. The largest absolute Gasteiger partial charge is 0.493 e. The summed E-state index contributed by atoms with van der Waals surface area (Å²) in [6, 6.07) is 8.06. The average Bonchev–Trinajstić information content (AvgIpc) is 2.44. The molecule has 1 aliphatic rings. The van der Waals surface area contributed by atoms with E-state index in [1.807, 2.05) is 31.2 Å². The predicted molar refractivity (Wildman–Crippen MR) is 79.1 cm³/mol. The van der Waals surface area contributed by atoms with Crippen molar-refractivity contribution in [3.63, 3.8) is 0 Å². The zero-order valence-electron chi connectivity index (χ0n) is 11.1. The van der Waals surface area contributed by atoms with Crippen molar-refractivity contribution in [2.45, 2.75) is 19.4 Å². The van der Waals surface area contributed by atoms with Crippen LogP contribution in [-0.2, 0) is 0 Å². The molecule has 3 rings (SSSR count).